The molecule has 0 radical (unpaired) electrons. The minimum absolute atomic E-state index is 0.183. The first-order valence-corrected chi connectivity index (χ1v) is 6.93. The fraction of sp³-hybridized carbons (Fsp3) is 0.235. The molecule has 0 bridgehead atoms. The molecule has 1 N–H and O–H groups in total. The van der Waals surface area contributed by atoms with E-state index < -0.39 is 17.6 Å². The first kappa shape index (κ1) is 17.0. The van der Waals surface area contributed by atoms with Crippen molar-refractivity contribution in [2.24, 2.45) is 0 Å². The van der Waals surface area contributed by atoms with Crippen LogP contribution >= 0.6 is 0 Å². The molecule has 2 aromatic carbocycles. The summed E-state index contributed by atoms with van der Waals surface area (Å²) in [6.07, 6.45) is -4.41. The molecule has 122 valence electrons. The van der Waals surface area contributed by atoms with Gasteiger partial charge in [-0.3, -0.25) is 4.79 Å². The smallest absolute Gasteiger partial charge is 0.380 e. The van der Waals surface area contributed by atoms with Crippen LogP contribution in [0.1, 0.15) is 27.0 Å². The molecule has 2 aromatic rings. The molecule has 0 aliphatic carbocycles. The van der Waals surface area contributed by atoms with Crippen LogP contribution in [0, 0.1) is 0 Å². The largest absolute Gasteiger partial charge is 0.416 e. The van der Waals surface area contributed by atoms with E-state index in [1.807, 2.05) is 24.3 Å². The third-order valence-electron chi connectivity index (χ3n) is 3.33. The number of hydrogen-bond donors (Lipinski definition) is 1. The number of carbonyl (C=O) groups is 1. The molecule has 0 spiro atoms. The molecule has 0 atom stereocenters. The number of nitrogens with one attached hydrogen (secondary N) is 1. The summed E-state index contributed by atoms with van der Waals surface area (Å²) in [6.45, 7) is 0.700. The van der Waals surface area contributed by atoms with E-state index >= 15 is 0 Å². The van der Waals surface area contributed by atoms with Gasteiger partial charge in [0, 0.05) is 19.2 Å². The van der Waals surface area contributed by atoms with E-state index in [2.05, 4.69) is 5.32 Å². The van der Waals surface area contributed by atoms with Crippen LogP contribution in [0.2, 0.25) is 0 Å². The lowest BCUT2D eigenvalue weighted by atomic mass is 10.1. The van der Waals surface area contributed by atoms with Gasteiger partial charge in [0.2, 0.25) is 0 Å². The van der Waals surface area contributed by atoms with Gasteiger partial charge < -0.3 is 10.1 Å². The third kappa shape index (κ3) is 4.56. The van der Waals surface area contributed by atoms with Crippen LogP contribution < -0.4 is 5.32 Å². The lowest BCUT2D eigenvalue weighted by molar-refractivity contribution is -0.137. The fourth-order valence-electron chi connectivity index (χ4n) is 2.11. The number of halogens is 3. The van der Waals surface area contributed by atoms with Crippen LogP contribution in [-0.4, -0.2) is 13.0 Å². The Morgan fingerprint density at radius 2 is 1.65 bits per heavy atom. The van der Waals surface area contributed by atoms with Crippen LogP contribution in [0.15, 0.2) is 48.5 Å². The highest BCUT2D eigenvalue weighted by Crippen LogP contribution is 2.29. The first-order chi connectivity index (χ1) is 10.9. The van der Waals surface area contributed by atoms with Gasteiger partial charge in [0.05, 0.1) is 12.2 Å². The Bertz CT molecular complexity index is 666. The Balaban J connectivity index is 2.03. The highest BCUT2D eigenvalue weighted by atomic mass is 19.4. The predicted octanol–water partition coefficient (Wildman–Crippen LogP) is 3.78. The number of methoxy groups -OCH3 is 1. The van der Waals surface area contributed by atoms with Gasteiger partial charge in [-0.15, -0.1) is 0 Å². The van der Waals surface area contributed by atoms with E-state index in [9.17, 15) is 18.0 Å². The van der Waals surface area contributed by atoms with Crippen molar-refractivity contribution in [3.63, 3.8) is 0 Å². The summed E-state index contributed by atoms with van der Waals surface area (Å²) in [7, 11) is 1.58. The Labute approximate surface area is 132 Å². The van der Waals surface area contributed by atoms with Gasteiger partial charge in [0.15, 0.2) is 0 Å². The second kappa shape index (κ2) is 7.28. The molecule has 0 unspecified atom stereocenters. The van der Waals surface area contributed by atoms with Crippen molar-refractivity contribution in [1.29, 1.82) is 0 Å². The second-order valence-corrected chi connectivity index (χ2v) is 4.96. The molecule has 0 aromatic heterocycles. The number of ether oxygens (including phenoxy) is 1. The van der Waals surface area contributed by atoms with Gasteiger partial charge in [-0.2, -0.15) is 13.2 Å². The zero-order valence-corrected chi connectivity index (χ0v) is 12.5. The van der Waals surface area contributed by atoms with Gasteiger partial charge in [-0.05, 0) is 35.4 Å². The van der Waals surface area contributed by atoms with Crippen molar-refractivity contribution in [3.8, 4) is 0 Å². The number of benzene rings is 2. The molecular formula is C17H16F3NO2. The third-order valence-corrected chi connectivity index (χ3v) is 3.33. The Hall–Kier alpha value is -2.34. The Morgan fingerprint density at radius 1 is 1.04 bits per heavy atom. The number of hydrogen-bond acceptors (Lipinski definition) is 2. The number of amides is 1. The maximum Gasteiger partial charge on any atom is 0.416 e. The summed E-state index contributed by atoms with van der Waals surface area (Å²) in [5.74, 6) is -0.425. The molecule has 1 amide bonds. The summed E-state index contributed by atoms with van der Waals surface area (Å²) in [5.41, 5.74) is 1.25. The fourth-order valence-corrected chi connectivity index (χ4v) is 2.11. The van der Waals surface area contributed by atoms with Crippen molar-refractivity contribution in [3.05, 3.63) is 70.8 Å². The van der Waals surface area contributed by atoms with E-state index in [1.54, 1.807) is 7.11 Å². The summed E-state index contributed by atoms with van der Waals surface area (Å²) >= 11 is 0. The zero-order chi connectivity index (χ0) is 16.9. The van der Waals surface area contributed by atoms with Gasteiger partial charge in [0.25, 0.3) is 5.91 Å². The van der Waals surface area contributed by atoms with Gasteiger partial charge >= 0.3 is 6.18 Å². The molecule has 0 aliphatic rings. The molecule has 0 aliphatic heterocycles. The standard InChI is InChI=1S/C17H16F3NO2/c1-23-11-14-5-3-2-4-13(14)10-21-16(22)12-6-8-15(9-7-12)17(18,19)20/h2-9H,10-11H2,1H3,(H,21,22). The SMILES string of the molecule is COCc1ccccc1CNC(=O)c1ccc(C(F)(F)F)cc1. The minimum Gasteiger partial charge on any atom is -0.380 e. The molecule has 2 rings (SSSR count). The predicted molar refractivity (Wildman–Crippen MR) is 79.8 cm³/mol. The molecule has 23 heavy (non-hydrogen) atoms. The van der Waals surface area contributed by atoms with Crippen LogP contribution in [0.3, 0.4) is 0 Å². The topological polar surface area (TPSA) is 38.3 Å². The molecular weight excluding hydrogens is 307 g/mol. The van der Waals surface area contributed by atoms with Crippen LogP contribution in [-0.2, 0) is 24.1 Å². The van der Waals surface area contributed by atoms with Crippen LogP contribution in [0.4, 0.5) is 13.2 Å². The lowest BCUT2D eigenvalue weighted by Gasteiger charge is -2.11. The molecule has 0 saturated carbocycles. The van der Waals surface area contributed by atoms with Crippen molar-refractivity contribution in [2.75, 3.05) is 7.11 Å². The second-order valence-electron chi connectivity index (χ2n) is 4.96. The number of rotatable bonds is 5. The molecule has 6 heteroatoms. The highest BCUT2D eigenvalue weighted by molar-refractivity contribution is 5.94. The summed E-state index contributed by atoms with van der Waals surface area (Å²) < 4.78 is 42.6. The molecule has 0 fully saturated rings. The van der Waals surface area contributed by atoms with Gasteiger partial charge in [-0.1, -0.05) is 24.3 Å². The number of carbonyl (C=O) groups excluding carboxylic acids is 1. The Morgan fingerprint density at radius 3 is 2.22 bits per heavy atom. The van der Waals surface area contributed by atoms with Crippen molar-refractivity contribution in [1.82, 2.24) is 5.32 Å². The van der Waals surface area contributed by atoms with E-state index in [-0.39, 0.29) is 12.1 Å². The van der Waals surface area contributed by atoms with Crippen molar-refractivity contribution < 1.29 is 22.7 Å². The maximum atomic E-state index is 12.5. The van der Waals surface area contributed by atoms with Crippen LogP contribution in [0.5, 0.6) is 0 Å². The van der Waals surface area contributed by atoms with Crippen molar-refractivity contribution in [2.45, 2.75) is 19.3 Å². The monoisotopic (exact) mass is 323 g/mol. The number of alkyl halides is 3. The zero-order valence-electron chi connectivity index (χ0n) is 12.5. The highest BCUT2D eigenvalue weighted by Gasteiger charge is 2.30. The van der Waals surface area contributed by atoms with E-state index in [1.165, 1.54) is 12.1 Å². The first-order valence-electron chi connectivity index (χ1n) is 6.93. The van der Waals surface area contributed by atoms with Crippen LogP contribution in [0.25, 0.3) is 0 Å². The average Bonchev–Trinajstić information content (AvgIpc) is 2.53. The Kier molecular flexibility index (Phi) is 5.39. The molecule has 0 heterocycles. The molecule has 3 nitrogen and oxygen atoms in total. The normalized spacial score (nSPS) is 11.3. The summed E-state index contributed by atoms with van der Waals surface area (Å²) in [4.78, 5) is 12.0. The van der Waals surface area contributed by atoms with E-state index in [0.29, 0.717) is 6.61 Å². The quantitative estimate of drug-likeness (QED) is 0.909. The maximum absolute atomic E-state index is 12.5. The van der Waals surface area contributed by atoms with Crippen molar-refractivity contribution >= 4 is 5.91 Å². The average molecular weight is 323 g/mol. The summed E-state index contributed by atoms with van der Waals surface area (Å²) in [5, 5.41) is 2.70. The molecule has 0 saturated heterocycles. The van der Waals surface area contributed by atoms with Gasteiger partial charge in [0.1, 0.15) is 0 Å². The van der Waals surface area contributed by atoms with E-state index in [0.717, 1.165) is 23.3 Å². The minimum atomic E-state index is -4.41. The van der Waals surface area contributed by atoms with Gasteiger partial charge in [-0.25, -0.2) is 0 Å². The summed E-state index contributed by atoms with van der Waals surface area (Å²) in [6, 6.07) is 11.6. The van der Waals surface area contributed by atoms with E-state index in [4.69, 9.17) is 4.74 Å². The lowest BCUT2D eigenvalue weighted by Crippen LogP contribution is -2.23.